The molecule has 0 radical (unpaired) electrons. The maximum absolute atomic E-state index is 12.1. The monoisotopic (exact) mass is 309 g/mol. The molecule has 1 rings (SSSR count). The molecule has 0 atom stereocenters. The lowest BCUT2D eigenvalue weighted by Crippen LogP contribution is -2.36. The summed E-state index contributed by atoms with van der Waals surface area (Å²) in [6.07, 6.45) is 3.98. The Labute approximate surface area is 132 Å². The first kappa shape index (κ1) is 18.2. The molecule has 22 heavy (non-hydrogen) atoms. The van der Waals surface area contributed by atoms with E-state index >= 15 is 0 Å². The molecule has 0 fully saturated rings. The third-order valence-electron chi connectivity index (χ3n) is 2.86. The fourth-order valence-electron chi connectivity index (χ4n) is 1.67. The van der Waals surface area contributed by atoms with Crippen LogP contribution in [0.25, 0.3) is 0 Å². The van der Waals surface area contributed by atoms with Gasteiger partial charge in [-0.2, -0.15) is 4.98 Å². The van der Waals surface area contributed by atoms with E-state index in [1.54, 1.807) is 31.2 Å². The smallest absolute Gasteiger partial charge is 0.265 e. The number of amides is 1. The van der Waals surface area contributed by atoms with E-state index < -0.39 is 0 Å². The van der Waals surface area contributed by atoms with E-state index in [4.69, 9.17) is 9.47 Å². The Bertz CT molecular complexity index is 436. The molecule has 1 aromatic rings. The number of rotatable bonds is 10. The zero-order valence-corrected chi connectivity index (χ0v) is 14.0. The van der Waals surface area contributed by atoms with E-state index in [0.29, 0.717) is 30.5 Å². The molecule has 0 aliphatic heterocycles. The molecule has 1 aromatic heterocycles. The minimum atomic E-state index is -0.215. The number of ether oxygens (including phenoxy) is 2. The van der Waals surface area contributed by atoms with Gasteiger partial charge in [0, 0.05) is 26.2 Å². The van der Waals surface area contributed by atoms with Gasteiger partial charge in [0.25, 0.3) is 5.91 Å². The first-order chi connectivity index (χ1) is 10.6. The molecule has 1 heterocycles. The van der Waals surface area contributed by atoms with Gasteiger partial charge >= 0.3 is 0 Å². The molecule has 0 aliphatic rings. The van der Waals surface area contributed by atoms with Crippen molar-refractivity contribution in [3.63, 3.8) is 0 Å². The summed E-state index contributed by atoms with van der Waals surface area (Å²) in [6, 6.07) is 3.28. The summed E-state index contributed by atoms with van der Waals surface area (Å²) in [5, 5.41) is 1.60. The van der Waals surface area contributed by atoms with Crippen molar-refractivity contribution >= 4 is 5.91 Å². The van der Waals surface area contributed by atoms with E-state index in [-0.39, 0.29) is 5.91 Å². The molecule has 6 heteroatoms. The van der Waals surface area contributed by atoms with Crippen molar-refractivity contribution in [2.75, 3.05) is 27.3 Å². The zero-order valence-electron chi connectivity index (χ0n) is 14.0. The topological polar surface area (TPSA) is 63.7 Å². The van der Waals surface area contributed by atoms with Crippen molar-refractivity contribution in [1.29, 1.82) is 0 Å². The Morgan fingerprint density at radius 3 is 2.00 bits per heavy atom. The third kappa shape index (κ3) is 6.76. The molecule has 124 valence electrons. The van der Waals surface area contributed by atoms with E-state index in [9.17, 15) is 4.79 Å². The summed E-state index contributed by atoms with van der Waals surface area (Å²) in [4.78, 5) is 16.4. The number of pyridine rings is 1. The van der Waals surface area contributed by atoms with Crippen LogP contribution in [0.15, 0.2) is 12.1 Å². The molecule has 0 unspecified atom stereocenters. The molecule has 0 saturated carbocycles. The van der Waals surface area contributed by atoms with Crippen molar-refractivity contribution in [2.45, 2.75) is 39.5 Å². The number of nitrogens with zero attached hydrogens (tertiary/aromatic N) is 2. The third-order valence-corrected chi connectivity index (χ3v) is 2.86. The SMILES string of the molecule is CCCCOc1cc(C(=O)NN(C)C)cc(OCCCC)n1. The molecule has 6 nitrogen and oxygen atoms in total. The Morgan fingerprint density at radius 2 is 1.59 bits per heavy atom. The van der Waals surface area contributed by atoms with Crippen LogP contribution in [0.2, 0.25) is 0 Å². The van der Waals surface area contributed by atoms with Gasteiger partial charge in [-0.05, 0) is 12.8 Å². The van der Waals surface area contributed by atoms with E-state index in [1.165, 1.54) is 0 Å². The highest BCUT2D eigenvalue weighted by Gasteiger charge is 2.12. The number of nitrogens with one attached hydrogen (secondary N) is 1. The maximum Gasteiger partial charge on any atom is 0.265 e. The minimum absolute atomic E-state index is 0.215. The second-order valence-electron chi connectivity index (χ2n) is 5.27. The second-order valence-corrected chi connectivity index (χ2v) is 5.27. The minimum Gasteiger partial charge on any atom is -0.478 e. The average molecular weight is 309 g/mol. The van der Waals surface area contributed by atoms with Crippen LogP contribution in [0.5, 0.6) is 11.8 Å². The molecule has 0 bridgehead atoms. The van der Waals surface area contributed by atoms with Crippen LogP contribution in [0.3, 0.4) is 0 Å². The van der Waals surface area contributed by atoms with Crippen molar-refractivity contribution in [2.24, 2.45) is 0 Å². The molecule has 0 aliphatic carbocycles. The molecular formula is C16H27N3O3. The summed E-state index contributed by atoms with van der Waals surface area (Å²) in [6.45, 7) is 5.35. The fourth-order valence-corrected chi connectivity index (χ4v) is 1.67. The van der Waals surface area contributed by atoms with Gasteiger partial charge in [0.05, 0.1) is 18.8 Å². The van der Waals surface area contributed by atoms with Crippen LogP contribution in [0.4, 0.5) is 0 Å². The summed E-state index contributed by atoms with van der Waals surface area (Å²) >= 11 is 0. The van der Waals surface area contributed by atoms with Gasteiger partial charge in [-0.3, -0.25) is 10.2 Å². The fraction of sp³-hybridized carbons (Fsp3) is 0.625. The first-order valence-electron chi connectivity index (χ1n) is 7.82. The highest BCUT2D eigenvalue weighted by molar-refractivity contribution is 5.94. The molecule has 1 amide bonds. The standard InChI is InChI=1S/C16H27N3O3/c1-5-7-9-21-14-11-13(16(20)18-19(3)4)12-15(17-14)22-10-8-6-2/h11-12H,5-10H2,1-4H3,(H,18,20). The Kier molecular flexibility index (Phi) is 8.28. The van der Waals surface area contributed by atoms with Gasteiger partial charge in [0.15, 0.2) is 0 Å². The van der Waals surface area contributed by atoms with E-state index in [0.717, 1.165) is 25.7 Å². The lowest BCUT2D eigenvalue weighted by Gasteiger charge is -2.14. The van der Waals surface area contributed by atoms with Crippen LogP contribution in [-0.4, -0.2) is 43.2 Å². The van der Waals surface area contributed by atoms with Gasteiger partial charge in [-0.25, -0.2) is 5.01 Å². The Morgan fingerprint density at radius 1 is 1.09 bits per heavy atom. The molecule has 0 saturated heterocycles. The summed E-state index contributed by atoms with van der Waals surface area (Å²) < 4.78 is 11.2. The quantitative estimate of drug-likeness (QED) is 0.532. The molecule has 1 N–H and O–H groups in total. The van der Waals surface area contributed by atoms with E-state index in [2.05, 4.69) is 24.3 Å². The van der Waals surface area contributed by atoms with Crippen LogP contribution >= 0.6 is 0 Å². The van der Waals surface area contributed by atoms with Crippen molar-refractivity contribution in [3.05, 3.63) is 17.7 Å². The lowest BCUT2D eigenvalue weighted by molar-refractivity contribution is 0.0855. The van der Waals surface area contributed by atoms with Crippen LogP contribution in [0.1, 0.15) is 49.9 Å². The highest BCUT2D eigenvalue weighted by Crippen LogP contribution is 2.19. The Hall–Kier alpha value is -1.82. The second kappa shape index (κ2) is 10.00. The van der Waals surface area contributed by atoms with Crippen LogP contribution in [-0.2, 0) is 0 Å². The van der Waals surface area contributed by atoms with Gasteiger partial charge in [0.1, 0.15) is 0 Å². The lowest BCUT2D eigenvalue weighted by atomic mass is 10.2. The van der Waals surface area contributed by atoms with Gasteiger partial charge < -0.3 is 9.47 Å². The van der Waals surface area contributed by atoms with Gasteiger partial charge in [0.2, 0.25) is 11.8 Å². The number of aromatic nitrogens is 1. The number of unbranched alkanes of at least 4 members (excludes halogenated alkanes) is 2. The molecule has 0 spiro atoms. The number of hydrazine groups is 1. The predicted molar refractivity (Wildman–Crippen MR) is 86.2 cm³/mol. The first-order valence-corrected chi connectivity index (χ1v) is 7.82. The zero-order chi connectivity index (χ0) is 16.4. The maximum atomic E-state index is 12.1. The number of carbonyl (C=O) groups excluding carboxylic acids is 1. The largest absolute Gasteiger partial charge is 0.478 e. The molecular weight excluding hydrogens is 282 g/mol. The Balaban J connectivity index is 2.85. The van der Waals surface area contributed by atoms with Gasteiger partial charge in [-0.1, -0.05) is 26.7 Å². The summed E-state index contributed by atoms with van der Waals surface area (Å²) in [7, 11) is 3.52. The highest BCUT2D eigenvalue weighted by atomic mass is 16.5. The normalized spacial score (nSPS) is 10.6. The van der Waals surface area contributed by atoms with Gasteiger partial charge in [-0.15, -0.1) is 0 Å². The number of hydrogen-bond donors (Lipinski definition) is 1. The predicted octanol–water partition coefficient (Wildman–Crippen LogP) is 2.65. The van der Waals surface area contributed by atoms with Crippen LogP contribution < -0.4 is 14.9 Å². The van der Waals surface area contributed by atoms with Crippen molar-refractivity contribution in [1.82, 2.24) is 15.4 Å². The molecule has 0 aromatic carbocycles. The summed E-state index contributed by atoms with van der Waals surface area (Å²) in [5.41, 5.74) is 3.18. The van der Waals surface area contributed by atoms with E-state index in [1.807, 2.05) is 0 Å². The average Bonchev–Trinajstić information content (AvgIpc) is 2.47. The van der Waals surface area contributed by atoms with Crippen molar-refractivity contribution < 1.29 is 14.3 Å². The number of carbonyl (C=O) groups is 1. The number of hydrogen-bond acceptors (Lipinski definition) is 5. The van der Waals surface area contributed by atoms with Crippen LogP contribution in [0, 0.1) is 0 Å². The summed E-state index contributed by atoms with van der Waals surface area (Å²) in [5.74, 6) is 0.630. The van der Waals surface area contributed by atoms with Crippen molar-refractivity contribution in [3.8, 4) is 11.8 Å².